The van der Waals surface area contributed by atoms with Crippen molar-refractivity contribution in [1.29, 1.82) is 0 Å². The number of fused-ring (bicyclic) bond motifs is 1. The molecule has 1 fully saturated rings. The molecule has 1 saturated heterocycles. The Morgan fingerprint density at radius 3 is 2.95 bits per heavy atom. The third kappa shape index (κ3) is 3.80. The van der Waals surface area contributed by atoms with Gasteiger partial charge < -0.3 is 19.7 Å². The normalized spacial score (nSPS) is 19.2. The number of carbonyl (C=O) groups excluding carboxylic acids is 1. The molecule has 1 unspecified atom stereocenters. The quantitative estimate of drug-likeness (QED) is 0.921. The highest BCUT2D eigenvalue weighted by molar-refractivity contribution is 5.85. The second-order valence-electron chi connectivity index (χ2n) is 5.50. The zero-order chi connectivity index (χ0) is 13.9. The van der Waals surface area contributed by atoms with Crippen molar-refractivity contribution < 1.29 is 14.3 Å². The van der Waals surface area contributed by atoms with Crippen LogP contribution in [0.15, 0.2) is 18.2 Å². The van der Waals surface area contributed by atoms with Gasteiger partial charge in [0.05, 0.1) is 0 Å². The minimum Gasteiger partial charge on any atom is -0.454 e. The Morgan fingerprint density at radius 2 is 2.19 bits per heavy atom. The second-order valence-corrected chi connectivity index (χ2v) is 5.50. The third-order valence-electron chi connectivity index (χ3n) is 3.91. The minimum atomic E-state index is 0. The number of benzene rings is 1. The Bertz CT molecular complexity index is 504. The fraction of sp³-hybridized carbons (Fsp3) is 0.533. The van der Waals surface area contributed by atoms with Crippen molar-refractivity contribution in [2.24, 2.45) is 5.92 Å². The van der Waals surface area contributed by atoms with Crippen LogP contribution in [0.3, 0.4) is 0 Å². The molecule has 0 bridgehead atoms. The van der Waals surface area contributed by atoms with Gasteiger partial charge in [0.2, 0.25) is 12.7 Å². The highest BCUT2D eigenvalue weighted by Gasteiger charge is 2.21. The highest BCUT2D eigenvalue weighted by atomic mass is 35.5. The molecule has 3 rings (SSSR count). The largest absolute Gasteiger partial charge is 0.454 e. The molecular weight excluding hydrogens is 292 g/mol. The number of nitrogens with zero attached hydrogens (tertiary/aromatic N) is 1. The third-order valence-corrected chi connectivity index (χ3v) is 3.91. The van der Waals surface area contributed by atoms with Crippen molar-refractivity contribution in [3.8, 4) is 11.5 Å². The van der Waals surface area contributed by atoms with E-state index in [0.717, 1.165) is 36.6 Å². The maximum absolute atomic E-state index is 12.2. The lowest BCUT2D eigenvalue weighted by Gasteiger charge is -2.19. The summed E-state index contributed by atoms with van der Waals surface area (Å²) >= 11 is 0. The van der Waals surface area contributed by atoms with Gasteiger partial charge in [0.1, 0.15) is 0 Å². The van der Waals surface area contributed by atoms with Crippen LogP contribution in [0.5, 0.6) is 11.5 Å². The van der Waals surface area contributed by atoms with E-state index >= 15 is 0 Å². The summed E-state index contributed by atoms with van der Waals surface area (Å²) in [6, 6.07) is 5.83. The molecule has 1 N–H and O–H groups in total. The van der Waals surface area contributed by atoms with E-state index in [1.54, 1.807) is 4.90 Å². The molecular formula is C15H21ClN2O3. The molecule has 2 heterocycles. The first kappa shape index (κ1) is 15.9. The molecule has 1 aromatic rings. The molecule has 2 aliphatic heterocycles. The molecule has 0 aromatic heterocycles. The van der Waals surface area contributed by atoms with Crippen molar-refractivity contribution in [3.05, 3.63) is 23.8 Å². The van der Waals surface area contributed by atoms with Gasteiger partial charge in [0.25, 0.3) is 0 Å². The molecule has 1 amide bonds. The number of amides is 1. The lowest BCUT2D eigenvalue weighted by atomic mass is 10.0. The number of hydrogen-bond acceptors (Lipinski definition) is 4. The highest BCUT2D eigenvalue weighted by Crippen LogP contribution is 2.32. The lowest BCUT2D eigenvalue weighted by molar-refractivity contribution is -0.131. The number of carbonyl (C=O) groups is 1. The monoisotopic (exact) mass is 312 g/mol. The first-order valence-corrected chi connectivity index (χ1v) is 7.05. The summed E-state index contributed by atoms with van der Waals surface area (Å²) in [7, 11) is 1.86. The number of ether oxygens (including phenoxy) is 2. The molecule has 0 spiro atoms. The summed E-state index contributed by atoms with van der Waals surface area (Å²) in [5.41, 5.74) is 1.06. The van der Waals surface area contributed by atoms with E-state index in [9.17, 15) is 4.79 Å². The van der Waals surface area contributed by atoms with Gasteiger partial charge in [-0.3, -0.25) is 4.79 Å². The molecule has 6 heteroatoms. The minimum absolute atomic E-state index is 0. The van der Waals surface area contributed by atoms with Gasteiger partial charge in [-0.2, -0.15) is 0 Å². The molecule has 1 atom stereocenters. The second kappa shape index (κ2) is 7.00. The van der Waals surface area contributed by atoms with Crippen LogP contribution in [0.4, 0.5) is 0 Å². The van der Waals surface area contributed by atoms with Crippen LogP contribution in [-0.4, -0.2) is 37.7 Å². The predicted octanol–water partition coefficient (Wildman–Crippen LogP) is 1.80. The summed E-state index contributed by atoms with van der Waals surface area (Å²) < 4.78 is 10.6. The average molecular weight is 313 g/mol. The van der Waals surface area contributed by atoms with Crippen molar-refractivity contribution in [2.75, 3.05) is 26.9 Å². The zero-order valence-corrected chi connectivity index (χ0v) is 12.9. The molecule has 2 aliphatic rings. The zero-order valence-electron chi connectivity index (χ0n) is 12.1. The standard InChI is InChI=1S/C15H20N2O3.ClH/c1-17(15(18)7-11-4-5-16-8-11)9-12-2-3-13-14(6-12)20-10-19-13;/h2-3,6,11,16H,4-5,7-10H2,1H3;1H. The Kier molecular flexibility index (Phi) is 5.31. The Morgan fingerprint density at radius 1 is 1.38 bits per heavy atom. The Hall–Kier alpha value is -1.46. The summed E-state index contributed by atoms with van der Waals surface area (Å²) in [4.78, 5) is 14.0. The molecule has 116 valence electrons. The number of hydrogen-bond donors (Lipinski definition) is 1. The van der Waals surface area contributed by atoms with Gasteiger partial charge in [0.15, 0.2) is 11.5 Å². The Balaban J connectivity index is 0.00000161. The summed E-state index contributed by atoms with van der Waals surface area (Å²) in [6.45, 7) is 2.88. The number of halogens is 1. The van der Waals surface area contributed by atoms with Crippen LogP contribution in [0.2, 0.25) is 0 Å². The van der Waals surface area contributed by atoms with Gasteiger partial charge in [-0.25, -0.2) is 0 Å². The molecule has 0 radical (unpaired) electrons. The van der Waals surface area contributed by atoms with Crippen LogP contribution in [0.1, 0.15) is 18.4 Å². The van der Waals surface area contributed by atoms with Crippen molar-refractivity contribution >= 4 is 18.3 Å². The van der Waals surface area contributed by atoms with Crippen LogP contribution in [-0.2, 0) is 11.3 Å². The average Bonchev–Trinajstić information content (AvgIpc) is 3.08. The topological polar surface area (TPSA) is 50.8 Å². The maximum atomic E-state index is 12.2. The first-order valence-electron chi connectivity index (χ1n) is 7.05. The van der Waals surface area contributed by atoms with Crippen LogP contribution in [0, 0.1) is 5.92 Å². The van der Waals surface area contributed by atoms with Gasteiger partial charge in [-0.1, -0.05) is 6.07 Å². The maximum Gasteiger partial charge on any atom is 0.231 e. The van der Waals surface area contributed by atoms with Crippen LogP contribution < -0.4 is 14.8 Å². The van der Waals surface area contributed by atoms with E-state index in [2.05, 4.69) is 5.32 Å². The molecule has 1 aromatic carbocycles. The number of nitrogens with one attached hydrogen (secondary N) is 1. The van der Waals surface area contributed by atoms with E-state index in [1.807, 2.05) is 25.2 Å². The molecule has 0 saturated carbocycles. The van der Waals surface area contributed by atoms with E-state index in [0.29, 0.717) is 18.9 Å². The summed E-state index contributed by atoms with van der Waals surface area (Å²) in [6.07, 6.45) is 1.73. The van der Waals surface area contributed by atoms with E-state index < -0.39 is 0 Å². The Labute approximate surface area is 131 Å². The fourth-order valence-electron chi connectivity index (χ4n) is 2.69. The van der Waals surface area contributed by atoms with Crippen molar-refractivity contribution in [1.82, 2.24) is 10.2 Å². The summed E-state index contributed by atoms with van der Waals surface area (Å²) in [5.74, 6) is 2.24. The van der Waals surface area contributed by atoms with Gasteiger partial charge >= 0.3 is 0 Å². The smallest absolute Gasteiger partial charge is 0.231 e. The molecule has 5 nitrogen and oxygen atoms in total. The van der Waals surface area contributed by atoms with Crippen LogP contribution >= 0.6 is 12.4 Å². The van der Waals surface area contributed by atoms with Crippen LogP contribution in [0.25, 0.3) is 0 Å². The predicted molar refractivity (Wildman–Crippen MR) is 81.9 cm³/mol. The molecule has 21 heavy (non-hydrogen) atoms. The first-order chi connectivity index (χ1) is 9.72. The van der Waals surface area contributed by atoms with E-state index in [-0.39, 0.29) is 25.1 Å². The van der Waals surface area contributed by atoms with Gasteiger partial charge in [-0.15, -0.1) is 12.4 Å². The summed E-state index contributed by atoms with van der Waals surface area (Å²) in [5, 5.41) is 3.29. The van der Waals surface area contributed by atoms with Gasteiger partial charge in [0, 0.05) is 20.0 Å². The van der Waals surface area contributed by atoms with Gasteiger partial charge in [-0.05, 0) is 43.1 Å². The SMILES string of the molecule is CN(Cc1ccc2c(c1)OCO2)C(=O)CC1CCNC1.Cl. The van der Waals surface area contributed by atoms with E-state index in [1.165, 1.54) is 0 Å². The fourth-order valence-corrected chi connectivity index (χ4v) is 2.69. The lowest BCUT2D eigenvalue weighted by Crippen LogP contribution is -2.28. The van der Waals surface area contributed by atoms with E-state index in [4.69, 9.17) is 9.47 Å². The molecule has 0 aliphatic carbocycles. The van der Waals surface area contributed by atoms with Crippen molar-refractivity contribution in [3.63, 3.8) is 0 Å². The van der Waals surface area contributed by atoms with Crippen molar-refractivity contribution in [2.45, 2.75) is 19.4 Å². The number of rotatable bonds is 4.